The molecule has 1 aromatic rings. The zero-order valence-electron chi connectivity index (χ0n) is 9.66. The van der Waals surface area contributed by atoms with Crippen molar-refractivity contribution in [1.29, 1.82) is 0 Å². The summed E-state index contributed by atoms with van der Waals surface area (Å²) >= 11 is 3.34. The SMILES string of the molecule is CCC(C)(CN)C(=O)Cc1cncc(Br)c1. The number of halogens is 1. The molecule has 3 nitrogen and oxygen atoms in total. The summed E-state index contributed by atoms with van der Waals surface area (Å²) in [4.78, 5) is 16.1. The standard InChI is InChI=1S/C12H17BrN2O/c1-3-12(2,8-14)11(16)5-9-4-10(13)7-15-6-9/h4,6-7H,3,5,8,14H2,1-2H3. The van der Waals surface area contributed by atoms with Gasteiger partial charge in [0.15, 0.2) is 0 Å². The number of carbonyl (C=O) groups is 1. The van der Waals surface area contributed by atoms with E-state index in [-0.39, 0.29) is 5.78 Å². The number of nitrogens with zero attached hydrogens (tertiary/aromatic N) is 1. The molecule has 1 aromatic heterocycles. The molecule has 88 valence electrons. The van der Waals surface area contributed by atoms with E-state index in [1.165, 1.54) is 0 Å². The lowest BCUT2D eigenvalue weighted by Gasteiger charge is -2.24. The Morgan fingerprint density at radius 3 is 2.75 bits per heavy atom. The number of hydrogen-bond acceptors (Lipinski definition) is 3. The Kier molecular flexibility index (Phi) is 4.62. The highest BCUT2D eigenvalue weighted by Gasteiger charge is 2.29. The second kappa shape index (κ2) is 5.55. The van der Waals surface area contributed by atoms with Crippen molar-refractivity contribution >= 4 is 21.7 Å². The monoisotopic (exact) mass is 284 g/mol. The van der Waals surface area contributed by atoms with Crippen molar-refractivity contribution in [2.24, 2.45) is 11.1 Å². The van der Waals surface area contributed by atoms with Crippen LogP contribution in [0.4, 0.5) is 0 Å². The van der Waals surface area contributed by atoms with Crippen LogP contribution in [0.1, 0.15) is 25.8 Å². The molecule has 1 unspecified atom stereocenters. The molecule has 0 saturated heterocycles. The number of carbonyl (C=O) groups excluding carboxylic acids is 1. The lowest BCUT2D eigenvalue weighted by Crippen LogP contribution is -2.36. The second-order valence-corrected chi connectivity index (χ2v) is 5.15. The lowest BCUT2D eigenvalue weighted by molar-refractivity contribution is -0.126. The molecule has 0 fully saturated rings. The molecule has 0 amide bonds. The summed E-state index contributed by atoms with van der Waals surface area (Å²) in [5.41, 5.74) is 6.17. The Balaban J connectivity index is 2.78. The van der Waals surface area contributed by atoms with Gasteiger partial charge in [-0.15, -0.1) is 0 Å². The maximum absolute atomic E-state index is 12.1. The van der Waals surface area contributed by atoms with Crippen LogP contribution in [-0.4, -0.2) is 17.3 Å². The molecule has 0 spiro atoms. The molecule has 1 heterocycles. The molecule has 0 aliphatic heterocycles. The topological polar surface area (TPSA) is 56.0 Å². The largest absolute Gasteiger partial charge is 0.329 e. The third kappa shape index (κ3) is 3.12. The van der Waals surface area contributed by atoms with E-state index in [4.69, 9.17) is 5.73 Å². The first kappa shape index (κ1) is 13.3. The first-order valence-electron chi connectivity index (χ1n) is 5.34. The number of pyridine rings is 1. The molecule has 0 radical (unpaired) electrons. The fourth-order valence-electron chi connectivity index (χ4n) is 1.41. The number of rotatable bonds is 5. The summed E-state index contributed by atoms with van der Waals surface area (Å²) in [5.74, 6) is 0.178. The summed E-state index contributed by atoms with van der Waals surface area (Å²) in [7, 11) is 0. The van der Waals surface area contributed by atoms with Crippen molar-refractivity contribution in [3.63, 3.8) is 0 Å². The van der Waals surface area contributed by atoms with Gasteiger partial charge in [0.2, 0.25) is 0 Å². The van der Waals surface area contributed by atoms with Gasteiger partial charge in [-0.2, -0.15) is 0 Å². The highest BCUT2D eigenvalue weighted by molar-refractivity contribution is 9.10. The molecule has 0 aliphatic rings. The van der Waals surface area contributed by atoms with E-state index in [9.17, 15) is 4.79 Å². The predicted octanol–water partition coefficient (Wildman–Crippen LogP) is 2.33. The van der Waals surface area contributed by atoms with Crippen molar-refractivity contribution in [2.45, 2.75) is 26.7 Å². The molecule has 16 heavy (non-hydrogen) atoms. The molecule has 4 heteroatoms. The molecule has 2 N–H and O–H groups in total. The molecular formula is C12H17BrN2O. The van der Waals surface area contributed by atoms with E-state index in [0.29, 0.717) is 13.0 Å². The van der Waals surface area contributed by atoms with Crippen LogP contribution >= 0.6 is 15.9 Å². The van der Waals surface area contributed by atoms with E-state index in [1.54, 1.807) is 12.4 Å². The van der Waals surface area contributed by atoms with Crippen molar-refractivity contribution in [3.8, 4) is 0 Å². The third-order valence-corrected chi connectivity index (χ3v) is 3.46. The van der Waals surface area contributed by atoms with E-state index in [1.807, 2.05) is 19.9 Å². The maximum Gasteiger partial charge on any atom is 0.144 e. The quantitative estimate of drug-likeness (QED) is 0.903. The minimum absolute atomic E-state index is 0.178. The summed E-state index contributed by atoms with van der Waals surface area (Å²) in [6.07, 6.45) is 4.59. The smallest absolute Gasteiger partial charge is 0.144 e. The van der Waals surface area contributed by atoms with Crippen molar-refractivity contribution in [3.05, 3.63) is 28.5 Å². The van der Waals surface area contributed by atoms with Gasteiger partial charge in [0.05, 0.1) is 0 Å². The zero-order valence-corrected chi connectivity index (χ0v) is 11.3. The van der Waals surface area contributed by atoms with Gasteiger partial charge in [0.1, 0.15) is 5.78 Å². The molecule has 0 aromatic carbocycles. The number of nitrogens with two attached hydrogens (primary N) is 1. The van der Waals surface area contributed by atoms with Crippen LogP contribution in [0.25, 0.3) is 0 Å². The minimum atomic E-state index is -0.414. The van der Waals surface area contributed by atoms with Gasteiger partial charge >= 0.3 is 0 Å². The third-order valence-electron chi connectivity index (χ3n) is 3.03. The molecule has 1 atom stereocenters. The maximum atomic E-state index is 12.1. The molecule has 0 bridgehead atoms. The van der Waals surface area contributed by atoms with Gasteiger partial charge < -0.3 is 5.73 Å². The Morgan fingerprint density at radius 2 is 2.25 bits per heavy atom. The average molecular weight is 285 g/mol. The first-order chi connectivity index (χ1) is 7.51. The van der Waals surface area contributed by atoms with Gasteiger partial charge in [-0.1, -0.05) is 13.8 Å². The Labute approximate surface area is 105 Å². The Hall–Kier alpha value is -0.740. The van der Waals surface area contributed by atoms with E-state index >= 15 is 0 Å². The van der Waals surface area contributed by atoms with Crippen LogP contribution in [0.5, 0.6) is 0 Å². The Bertz CT molecular complexity index is 375. The summed E-state index contributed by atoms with van der Waals surface area (Å²) < 4.78 is 0.892. The number of aromatic nitrogens is 1. The van der Waals surface area contributed by atoms with Crippen LogP contribution in [-0.2, 0) is 11.2 Å². The fourth-order valence-corrected chi connectivity index (χ4v) is 1.82. The molecular weight excluding hydrogens is 268 g/mol. The lowest BCUT2D eigenvalue weighted by atomic mass is 9.81. The van der Waals surface area contributed by atoms with E-state index in [2.05, 4.69) is 20.9 Å². The average Bonchev–Trinajstić information content (AvgIpc) is 2.28. The highest BCUT2D eigenvalue weighted by atomic mass is 79.9. The normalized spacial score (nSPS) is 14.5. The van der Waals surface area contributed by atoms with E-state index < -0.39 is 5.41 Å². The molecule has 0 aliphatic carbocycles. The van der Waals surface area contributed by atoms with Crippen LogP contribution in [0.3, 0.4) is 0 Å². The van der Waals surface area contributed by atoms with Gasteiger partial charge in [-0.25, -0.2) is 0 Å². The van der Waals surface area contributed by atoms with Crippen molar-refractivity contribution < 1.29 is 4.79 Å². The second-order valence-electron chi connectivity index (χ2n) is 4.23. The van der Waals surface area contributed by atoms with Crippen LogP contribution in [0.15, 0.2) is 22.9 Å². The molecule has 0 saturated carbocycles. The van der Waals surface area contributed by atoms with Crippen LogP contribution < -0.4 is 5.73 Å². The van der Waals surface area contributed by atoms with Crippen molar-refractivity contribution in [2.75, 3.05) is 6.54 Å². The van der Waals surface area contributed by atoms with Gasteiger partial charge in [-0.05, 0) is 34.0 Å². The highest BCUT2D eigenvalue weighted by Crippen LogP contribution is 2.23. The number of Topliss-reactive ketones (excluding diaryl/α,β-unsaturated/α-hetero) is 1. The van der Waals surface area contributed by atoms with Gasteiger partial charge in [0, 0.05) is 35.2 Å². The van der Waals surface area contributed by atoms with Gasteiger partial charge in [0.25, 0.3) is 0 Å². The number of hydrogen-bond donors (Lipinski definition) is 1. The van der Waals surface area contributed by atoms with Crippen molar-refractivity contribution in [1.82, 2.24) is 4.98 Å². The van der Waals surface area contributed by atoms with Crippen LogP contribution in [0.2, 0.25) is 0 Å². The van der Waals surface area contributed by atoms with Crippen LogP contribution in [0, 0.1) is 5.41 Å². The number of ketones is 1. The minimum Gasteiger partial charge on any atom is -0.329 e. The van der Waals surface area contributed by atoms with E-state index in [0.717, 1.165) is 16.5 Å². The molecule has 1 rings (SSSR count). The predicted molar refractivity (Wildman–Crippen MR) is 68.1 cm³/mol. The summed E-state index contributed by atoms with van der Waals surface area (Å²) in [6, 6.07) is 1.91. The summed E-state index contributed by atoms with van der Waals surface area (Å²) in [6.45, 7) is 4.30. The fraction of sp³-hybridized carbons (Fsp3) is 0.500. The first-order valence-corrected chi connectivity index (χ1v) is 6.14. The Morgan fingerprint density at radius 1 is 1.56 bits per heavy atom. The summed E-state index contributed by atoms with van der Waals surface area (Å²) in [5, 5.41) is 0. The zero-order chi connectivity index (χ0) is 12.2. The van der Waals surface area contributed by atoms with Gasteiger partial charge in [-0.3, -0.25) is 9.78 Å².